The van der Waals surface area contributed by atoms with Gasteiger partial charge in [-0.3, -0.25) is 0 Å². The number of fused-ring (bicyclic) bond motifs is 3. The maximum atomic E-state index is 11.1. The molecule has 4 atom stereocenters. The molecule has 3 fully saturated rings. The van der Waals surface area contributed by atoms with Crippen LogP contribution < -0.4 is 5.32 Å². The van der Waals surface area contributed by atoms with Gasteiger partial charge in [0.1, 0.15) is 6.29 Å². The number of aldehydes is 1. The van der Waals surface area contributed by atoms with E-state index in [1.807, 2.05) is 18.2 Å². The highest BCUT2D eigenvalue weighted by Crippen LogP contribution is 2.35. The van der Waals surface area contributed by atoms with Gasteiger partial charge in [0.15, 0.2) is 0 Å². The Bertz CT molecular complexity index is 406. The molecule has 0 unspecified atom stereocenters. The smallest absolute Gasteiger partial charge is 0.137 e. The van der Waals surface area contributed by atoms with Crippen LogP contribution in [0.25, 0.3) is 0 Å². The van der Waals surface area contributed by atoms with E-state index in [9.17, 15) is 4.79 Å². The van der Waals surface area contributed by atoms with Gasteiger partial charge in [-0.15, -0.1) is 0 Å². The van der Waals surface area contributed by atoms with Crippen LogP contribution in [-0.4, -0.2) is 24.5 Å². The molecule has 3 nitrogen and oxygen atoms in total. The number of piperidine rings is 2. The first-order valence-electron chi connectivity index (χ1n) is 6.73. The summed E-state index contributed by atoms with van der Waals surface area (Å²) in [6.45, 7) is 0.653. The van der Waals surface area contributed by atoms with Gasteiger partial charge in [-0.2, -0.15) is 0 Å². The van der Waals surface area contributed by atoms with Gasteiger partial charge in [-0.25, -0.2) is 0 Å². The second kappa shape index (κ2) is 5.21. The molecule has 1 aromatic carbocycles. The molecule has 1 aliphatic carbocycles. The summed E-state index contributed by atoms with van der Waals surface area (Å²) < 4.78 is 6.04. The molecule has 2 bridgehead atoms. The van der Waals surface area contributed by atoms with Crippen molar-refractivity contribution in [1.29, 1.82) is 0 Å². The topological polar surface area (TPSA) is 38.3 Å². The molecule has 2 aliphatic heterocycles. The van der Waals surface area contributed by atoms with E-state index in [1.165, 1.54) is 12.0 Å². The predicted molar refractivity (Wildman–Crippen MR) is 69.1 cm³/mol. The van der Waals surface area contributed by atoms with Crippen molar-refractivity contribution in [1.82, 2.24) is 5.32 Å². The first kappa shape index (κ1) is 11.9. The lowest BCUT2D eigenvalue weighted by molar-refractivity contribution is -0.119. The van der Waals surface area contributed by atoms with Crippen LogP contribution in [0.2, 0.25) is 0 Å². The van der Waals surface area contributed by atoms with Gasteiger partial charge in [0.2, 0.25) is 0 Å². The summed E-state index contributed by atoms with van der Waals surface area (Å²) in [5.41, 5.74) is 1.20. The minimum Gasteiger partial charge on any atom is -0.373 e. The van der Waals surface area contributed by atoms with Gasteiger partial charge in [0, 0.05) is 12.0 Å². The standard InChI is InChI=1S/C15H19NO2/c17-9-14-13-7-6-12(16-14)8-15(13)18-10-11-4-2-1-3-5-11/h1-5,9,12-16H,6-8,10H2/t12-,13-,14+,15+/m0/s1. The quantitative estimate of drug-likeness (QED) is 0.824. The van der Waals surface area contributed by atoms with Crippen LogP contribution in [0.5, 0.6) is 0 Å². The van der Waals surface area contributed by atoms with Crippen molar-refractivity contribution < 1.29 is 9.53 Å². The van der Waals surface area contributed by atoms with Gasteiger partial charge in [-0.05, 0) is 24.8 Å². The van der Waals surface area contributed by atoms with Gasteiger partial charge < -0.3 is 14.8 Å². The highest BCUT2D eigenvalue weighted by atomic mass is 16.5. The zero-order valence-corrected chi connectivity index (χ0v) is 10.4. The minimum absolute atomic E-state index is 0.00160. The molecule has 96 valence electrons. The van der Waals surface area contributed by atoms with E-state index in [4.69, 9.17) is 4.74 Å². The molecular formula is C15H19NO2. The Balaban J connectivity index is 1.61. The van der Waals surface area contributed by atoms with Crippen molar-refractivity contribution in [2.24, 2.45) is 5.92 Å². The summed E-state index contributed by atoms with van der Waals surface area (Å²) in [5.74, 6) is 0.358. The number of hydrogen-bond donors (Lipinski definition) is 1. The normalized spacial score (nSPS) is 34.4. The van der Waals surface area contributed by atoms with E-state index in [2.05, 4.69) is 17.4 Å². The highest BCUT2D eigenvalue weighted by Gasteiger charge is 2.42. The van der Waals surface area contributed by atoms with Crippen molar-refractivity contribution in [3.05, 3.63) is 35.9 Å². The molecule has 1 aromatic rings. The Hall–Kier alpha value is -1.19. The van der Waals surface area contributed by atoms with Crippen molar-refractivity contribution in [2.75, 3.05) is 0 Å². The number of rotatable bonds is 4. The fourth-order valence-corrected chi connectivity index (χ4v) is 3.22. The second-order valence-corrected chi connectivity index (χ2v) is 5.34. The van der Waals surface area contributed by atoms with Crippen LogP contribution >= 0.6 is 0 Å². The van der Waals surface area contributed by atoms with E-state index in [0.717, 1.165) is 19.1 Å². The van der Waals surface area contributed by atoms with Crippen LogP contribution in [0.1, 0.15) is 24.8 Å². The van der Waals surface area contributed by atoms with E-state index >= 15 is 0 Å². The lowest BCUT2D eigenvalue weighted by Crippen LogP contribution is -2.59. The molecule has 2 heterocycles. The molecule has 0 radical (unpaired) electrons. The summed E-state index contributed by atoms with van der Waals surface area (Å²) in [6, 6.07) is 10.7. The average Bonchev–Trinajstić information content (AvgIpc) is 2.46. The van der Waals surface area contributed by atoms with E-state index in [1.54, 1.807) is 0 Å². The molecule has 2 saturated heterocycles. The fraction of sp³-hybridized carbons (Fsp3) is 0.533. The Morgan fingerprint density at radius 3 is 2.83 bits per heavy atom. The molecular weight excluding hydrogens is 226 g/mol. The summed E-state index contributed by atoms with van der Waals surface area (Å²) in [7, 11) is 0. The number of ether oxygens (including phenoxy) is 1. The first-order valence-corrected chi connectivity index (χ1v) is 6.73. The highest BCUT2D eigenvalue weighted by molar-refractivity contribution is 5.59. The van der Waals surface area contributed by atoms with Crippen LogP contribution in [0.15, 0.2) is 30.3 Å². The molecule has 3 aliphatic rings. The largest absolute Gasteiger partial charge is 0.373 e. The first-order chi connectivity index (χ1) is 8.86. The van der Waals surface area contributed by atoms with Crippen LogP contribution in [0.4, 0.5) is 0 Å². The maximum absolute atomic E-state index is 11.1. The zero-order valence-electron chi connectivity index (χ0n) is 10.4. The predicted octanol–water partition coefficient (Wildman–Crippen LogP) is 1.91. The molecule has 0 spiro atoms. The van der Waals surface area contributed by atoms with Crippen LogP contribution in [0.3, 0.4) is 0 Å². The molecule has 4 rings (SSSR count). The Labute approximate surface area is 108 Å². The Kier molecular flexibility index (Phi) is 3.43. The third-order valence-electron chi connectivity index (χ3n) is 4.19. The summed E-state index contributed by atoms with van der Waals surface area (Å²) >= 11 is 0. The van der Waals surface area contributed by atoms with E-state index < -0.39 is 0 Å². The summed E-state index contributed by atoms with van der Waals surface area (Å²) in [4.78, 5) is 11.1. The van der Waals surface area contributed by atoms with Crippen molar-refractivity contribution in [2.45, 2.75) is 44.1 Å². The Morgan fingerprint density at radius 1 is 1.28 bits per heavy atom. The summed E-state index contributed by atoms with van der Waals surface area (Å²) in [6.07, 6.45) is 4.62. The minimum atomic E-state index is -0.00160. The molecule has 1 saturated carbocycles. The molecule has 0 amide bonds. The monoisotopic (exact) mass is 245 g/mol. The third kappa shape index (κ3) is 2.33. The number of benzene rings is 1. The molecule has 1 N–H and O–H groups in total. The SMILES string of the molecule is O=C[C@H]1N[C@H]2CC[C@@H]1[C@H](OCc1ccccc1)C2. The average molecular weight is 245 g/mol. The maximum Gasteiger partial charge on any atom is 0.137 e. The zero-order chi connectivity index (χ0) is 12.4. The third-order valence-corrected chi connectivity index (χ3v) is 4.19. The van der Waals surface area contributed by atoms with Crippen molar-refractivity contribution in [3.8, 4) is 0 Å². The van der Waals surface area contributed by atoms with Gasteiger partial charge in [0.05, 0.1) is 18.8 Å². The number of nitrogens with one attached hydrogen (secondary N) is 1. The van der Waals surface area contributed by atoms with Gasteiger partial charge in [0.25, 0.3) is 0 Å². The molecule has 18 heavy (non-hydrogen) atoms. The summed E-state index contributed by atoms with van der Waals surface area (Å²) in [5, 5.41) is 3.38. The lowest BCUT2D eigenvalue weighted by Gasteiger charge is -2.46. The molecule has 0 aromatic heterocycles. The van der Waals surface area contributed by atoms with Crippen molar-refractivity contribution in [3.63, 3.8) is 0 Å². The van der Waals surface area contributed by atoms with Crippen molar-refractivity contribution >= 4 is 6.29 Å². The number of hydrogen-bond acceptors (Lipinski definition) is 3. The van der Waals surface area contributed by atoms with Crippen LogP contribution in [0, 0.1) is 5.92 Å². The lowest BCUT2D eigenvalue weighted by atomic mass is 9.74. The van der Waals surface area contributed by atoms with Gasteiger partial charge in [-0.1, -0.05) is 30.3 Å². The van der Waals surface area contributed by atoms with Gasteiger partial charge >= 0.3 is 0 Å². The number of carbonyl (C=O) groups excluding carboxylic acids is 1. The van der Waals surface area contributed by atoms with E-state index in [-0.39, 0.29) is 12.1 Å². The second-order valence-electron chi connectivity index (χ2n) is 5.34. The van der Waals surface area contributed by atoms with E-state index in [0.29, 0.717) is 18.6 Å². The Morgan fingerprint density at radius 2 is 2.11 bits per heavy atom. The fourth-order valence-electron chi connectivity index (χ4n) is 3.22. The van der Waals surface area contributed by atoms with Crippen LogP contribution in [-0.2, 0) is 16.1 Å². The molecule has 3 heteroatoms. The number of carbonyl (C=O) groups is 1.